The highest BCUT2D eigenvalue weighted by Gasteiger charge is 2.42. The van der Waals surface area contributed by atoms with Crippen molar-refractivity contribution in [3.63, 3.8) is 0 Å². The number of carbonyl (C=O) groups excluding carboxylic acids is 3. The summed E-state index contributed by atoms with van der Waals surface area (Å²) in [6, 6.07) is 13.4. The Morgan fingerprint density at radius 1 is 1.25 bits per heavy atom. The fourth-order valence-electron chi connectivity index (χ4n) is 5.01. The highest BCUT2D eigenvalue weighted by atomic mass is 16.5. The van der Waals surface area contributed by atoms with Gasteiger partial charge in [-0.1, -0.05) is 45.0 Å². The number of benzene rings is 2. The number of anilines is 1. The molecule has 2 aromatic carbocycles. The number of methoxy groups -OCH3 is 1. The van der Waals surface area contributed by atoms with Crippen molar-refractivity contribution in [2.75, 3.05) is 19.5 Å². The number of para-hydroxylation sites is 1. The Morgan fingerprint density at radius 3 is 2.64 bits per heavy atom. The molecule has 36 heavy (non-hydrogen) atoms. The van der Waals surface area contributed by atoms with Crippen molar-refractivity contribution in [1.82, 2.24) is 9.80 Å². The number of carbonyl (C=O) groups is 3. The number of likely N-dealkylation sites (N-methyl/N-ethyl adjacent to an activating group) is 1. The van der Waals surface area contributed by atoms with Crippen LogP contribution in [0.15, 0.2) is 42.5 Å². The van der Waals surface area contributed by atoms with Crippen LogP contribution in [0.2, 0.25) is 0 Å². The zero-order valence-electron chi connectivity index (χ0n) is 21.4. The summed E-state index contributed by atoms with van der Waals surface area (Å²) < 4.78 is 5.28. The molecule has 0 aromatic heterocycles. The summed E-state index contributed by atoms with van der Waals surface area (Å²) in [6.07, 6.45) is 0.604. The molecule has 2 aromatic rings. The van der Waals surface area contributed by atoms with Crippen LogP contribution in [0.1, 0.15) is 61.0 Å². The molecule has 0 bridgehead atoms. The van der Waals surface area contributed by atoms with Gasteiger partial charge in [0.1, 0.15) is 17.8 Å². The molecule has 2 aliphatic heterocycles. The molecule has 0 radical (unpaired) electrons. The molecule has 2 heterocycles. The van der Waals surface area contributed by atoms with Crippen LogP contribution in [0.4, 0.5) is 5.69 Å². The predicted octanol–water partition coefficient (Wildman–Crippen LogP) is 3.93. The maximum atomic E-state index is 13.9. The highest BCUT2D eigenvalue weighted by molar-refractivity contribution is 6.03. The van der Waals surface area contributed by atoms with Gasteiger partial charge in [-0.15, -0.1) is 0 Å². The Hall–Kier alpha value is -3.86. The summed E-state index contributed by atoms with van der Waals surface area (Å²) in [5.41, 5.74) is 2.68. The minimum Gasteiger partial charge on any atom is -0.497 e. The first-order chi connectivity index (χ1) is 17.0. The quantitative estimate of drug-likeness (QED) is 0.636. The van der Waals surface area contributed by atoms with E-state index >= 15 is 0 Å². The van der Waals surface area contributed by atoms with Crippen molar-refractivity contribution in [1.29, 1.82) is 5.26 Å². The van der Waals surface area contributed by atoms with Crippen LogP contribution in [0.5, 0.6) is 5.75 Å². The number of hydrogen-bond acceptors (Lipinski definition) is 5. The lowest BCUT2D eigenvalue weighted by molar-refractivity contribution is -0.137. The van der Waals surface area contributed by atoms with E-state index in [0.717, 1.165) is 16.8 Å². The Morgan fingerprint density at radius 2 is 1.97 bits per heavy atom. The number of rotatable bonds is 7. The average Bonchev–Trinajstić information content (AvgIpc) is 3.34. The normalized spacial score (nSPS) is 18.1. The highest BCUT2D eigenvalue weighted by Crippen LogP contribution is 2.37. The van der Waals surface area contributed by atoms with Crippen molar-refractivity contribution >= 4 is 23.4 Å². The summed E-state index contributed by atoms with van der Waals surface area (Å²) in [7, 11) is 3.13. The molecule has 8 heteroatoms. The fraction of sp³-hybridized carbons (Fsp3) is 0.429. The van der Waals surface area contributed by atoms with Gasteiger partial charge in [0.2, 0.25) is 11.8 Å². The van der Waals surface area contributed by atoms with E-state index in [4.69, 9.17) is 4.74 Å². The smallest absolute Gasteiger partial charge is 0.255 e. The van der Waals surface area contributed by atoms with Gasteiger partial charge in [-0.2, -0.15) is 5.26 Å². The van der Waals surface area contributed by atoms with Gasteiger partial charge in [-0.05, 0) is 47.6 Å². The molecule has 2 aliphatic rings. The topological polar surface area (TPSA) is 103 Å². The van der Waals surface area contributed by atoms with Gasteiger partial charge in [-0.25, -0.2) is 0 Å². The van der Waals surface area contributed by atoms with Crippen molar-refractivity contribution < 1.29 is 19.1 Å². The lowest BCUT2D eigenvalue weighted by atomic mass is 9.86. The maximum Gasteiger partial charge on any atom is 0.255 e. The standard InChI is InChI=1S/C28H32N4O4/c1-28(2,3)14-24(32-16-17-10-11-19(36-5)13-21(17)26(32)34)27(35)31(4)18(15-29)12-22-20-8-6-7-9-23(20)30-25(22)33/h6-11,13,18,22,24H,12,14,16H2,1-5H3,(H,30,33)/t18-,22+,24-/m0/s1. The monoisotopic (exact) mass is 488 g/mol. The Labute approximate surface area is 211 Å². The minimum atomic E-state index is -0.831. The van der Waals surface area contributed by atoms with E-state index in [1.807, 2.05) is 51.1 Å². The largest absolute Gasteiger partial charge is 0.497 e. The third-order valence-corrected chi connectivity index (χ3v) is 6.95. The molecule has 0 fully saturated rings. The zero-order valence-corrected chi connectivity index (χ0v) is 21.4. The van der Waals surface area contributed by atoms with E-state index in [9.17, 15) is 19.6 Å². The molecule has 8 nitrogen and oxygen atoms in total. The van der Waals surface area contributed by atoms with E-state index in [-0.39, 0.29) is 29.6 Å². The first kappa shape index (κ1) is 25.2. The van der Waals surface area contributed by atoms with E-state index in [0.29, 0.717) is 24.3 Å². The van der Waals surface area contributed by atoms with Crippen LogP contribution in [0.25, 0.3) is 0 Å². The molecule has 188 valence electrons. The van der Waals surface area contributed by atoms with Crippen LogP contribution in [-0.2, 0) is 16.1 Å². The number of nitriles is 1. The number of nitrogens with zero attached hydrogens (tertiary/aromatic N) is 3. The number of nitrogens with one attached hydrogen (secondary N) is 1. The van der Waals surface area contributed by atoms with Gasteiger partial charge in [0.05, 0.1) is 19.1 Å². The van der Waals surface area contributed by atoms with E-state index in [1.54, 1.807) is 31.2 Å². The van der Waals surface area contributed by atoms with Gasteiger partial charge in [-0.3, -0.25) is 14.4 Å². The second-order valence-electron chi connectivity index (χ2n) is 10.7. The van der Waals surface area contributed by atoms with Crippen molar-refractivity contribution in [2.24, 2.45) is 5.41 Å². The van der Waals surface area contributed by atoms with E-state index in [2.05, 4.69) is 11.4 Å². The maximum absolute atomic E-state index is 13.9. The SMILES string of the molecule is COc1ccc2c(c1)C(=O)N([C@@H](CC(C)(C)C)C(=O)N(C)[C@H](C#N)C[C@H]1C(=O)Nc3ccccc31)C2. The third kappa shape index (κ3) is 4.78. The molecular weight excluding hydrogens is 456 g/mol. The van der Waals surface area contributed by atoms with E-state index < -0.39 is 18.0 Å². The van der Waals surface area contributed by atoms with Gasteiger partial charge in [0, 0.05) is 24.8 Å². The average molecular weight is 489 g/mol. The molecule has 0 aliphatic carbocycles. The lowest BCUT2D eigenvalue weighted by Crippen LogP contribution is -2.52. The van der Waals surface area contributed by atoms with Gasteiger partial charge in [0.15, 0.2) is 0 Å². The summed E-state index contributed by atoms with van der Waals surface area (Å²) in [6.45, 7) is 6.37. The second-order valence-corrected chi connectivity index (χ2v) is 10.7. The lowest BCUT2D eigenvalue weighted by Gasteiger charge is -2.36. The van der Waals surface area contributed by atoms with Gasteiger partial charge >= 0.3 is 0 Å². The van der Waals surface area contributed by atoms with Crippen LogP contribution in [0.3, 0.4) is 0 Å². The third-order valence-electron chi connectivity index (χ3n) is 6.95. The van der Waals surface area contributed by atoms with Gasteiger partial charge < -0.3 is 19.9 Å². The molecule has 3 amide bonds. The van der Waals surface area contributed by atoms with E-state index in [1.165, 1.54) is 4.90 Å². The molecule has 0 spiro atoms. The van der Waals surface area contributed by atoms with Crippen molar-refractivity contribution in [3.05, 3.63) is 59.2 Å². The second kappa shape index (κ2) is 9.65. The van der Waals surface area contributed by atoms with Crippen molar-refractivity contribution in [2.45, 2.75) is 58.2 Å². The van der Waals surface area contributed by atoms with Crippen LogP contribution in [0, 0.1) is 16.7 Å². The van der Waals surface area contributed by atoms with Crippen LogP contribution < -0.4 is 10.1 Å². The molecule has 0 unspecified atom stereocenters. The molecule has 0 saturated heterocycles. The number of ether oxygens (including phenoxy) is 1. The fourth-order valence-corrected chi connectivity index (χ4v) is 5.01. The summed E-state index contributed by atoms with van der Waals surface area (Å²) in [5.74, 6) is -0.650. The zero-order chi connectivity index (χ0) is 26.2. The number of hydrogen-bond donors (Lipinski definition) is 1. The summed E-state index contributed by atoms with van der Waals surface area (Å²) in [4.78, 5) is 42.9. The van der Waals surface area contributed by atoms with Crippen LogP contribution >= 0.6 is 0 Å². The first-order valence-corrected chi connectivity index (χ1v) is 12.1. The summed E-state index contributed by atoms with van der Waals surface area (Å²) in [5, 5.41) is 12.9. The molecule has 4 rings (SSSR count). The van der Waals surface area contributed by atoms with Gasteiger partial charge in [0.25, 0.3) is 5.91 Å². The predicted molar refractivity (Wildman–Crippen MR) is 135 cm³/mol. The van der Waals surface area contributed by atoms with Crippen molar-refractivity contribution in [3.8, 4) is 11.8 Å². The summed E-state index contributed by atoms with van der Waals surface area (Å²) >= 11 is 0. The Bertz CT molecular complexity index is 1240. The first-order valence-electron chi connectivity index (χ1n) is 12.1. The molecule has 1 N–H and O–H groups in total. The number of amides is 3. The molecule has 3 atom stereocenters. The molecule has 0 saturated carbocycles. The minimum absolute atomic E-state index is 0.176. The number of fused-ring (bicyclic) bond motifs is 2. The Kier molecular flexibility index (Phi) is 6.77. The molecular formula is C28H32N4O4. The van der Waals surface area contributed by atoms with Crippen LogP contribution in [-0.4, -0.2) is 53.8 Å². The Balaban J connectivity index is 1.59.